The molecule has 4 heteroatoms. The molecule has 1 fully saturated rings. The minimum atomic E-state index is -0.354. The Morgan fingerprint density at radius 1 is 1.21 bits per heavy atom. The van der Waals surface area contributed by atoms with E-state index in [2.05, 4.69) is 4.90 Å². The third kappa shape index (κ3) is 2.21. The summed E-state index contributed by atoms with van der Waals surface area (Å²) in [6.07, 6.45) is 0.650. The molecule has 4 nitrogen and oxygen atoms in total. The van der Waals surface area contributed by atoms with E-state index in [0.717, 1.165) is 30.2 Å². The zero-order valence-corrected chi connectivity index (χ0v) is 11.4. The van der Waals surface area contributed by atoms with Crippen LogP contribution in [-0.4, -0.2) is 36.0 Å². The maximum absolute atomic E-state index is 11.8. The number of benzene rings is 1. The first-order valence-electron chi connectivity index (χ1n) is 6.74. The molecule has 2 heterocycles. The van der Waals surface area contributed by atoms with Crippen LogP contribution < -0.4 is 9.47 Å². The van der Waals surface area contributed by atoms with Crippen LogP contribution in [0.2, 0.25) is 0 Å². The maximum atomic E-state index is 11.8. The Hall–Kier alpha value is -1.55. The second-order valence-corrected chi connectivity index (χ2v) is 5.63. The summed E-state index contributed by atoms with van der Waals surface area (Å²) in [5, 5.41) is 0. The van der Waals surface area contributed by atoms with E-state index in [4.69, 9.17) is 9.47 Å². The highest BCUT2D eigenvalue weighted by molar-refractivity contribution is 5.89. The van der Waals surface area contributed by atoms with Crippen molar-refractivity contribution >= 4 is 5.78 Å². The van der Waals surface area contributed by atoms with Crippen molar-refractivity contribution in [2.24, 2.45) is 0 Å². The van der Waals surface area contributed by atoms with E-state index in [0.29, 0.717) is 25.4 Å². The number of rotatable bonds is 2. The smallest absolute Gasteiger partial charge is 0.161 e. The van der Waals surface area contributed by atoms with Gasteiger partial charge in [-0.25, -0.2) is 0 Å². The molecule has 1 aromatic rings. The second kappa shape index (κ2) is 4.53. The molecule has 0 aliphatic carbocycles. The molecule has 0 N–H and O–H groups in total. The van der Waals surface area contributed by atoms with Crippen LogP contribution >= 0.6 is 0 Å². The lowest BCUT2D eigenvalue weighted by molar-refractivity contribution is -0.123. The average Bonchev–Trinajstić information content (AvgIpc) is 2.65. The number of likely N-dealkylation sites (tertiary alicyclic amines) is 1. The van der Waals surface area contributed by atoms with E-state index in [9.17, 15) is 4.79 Å². The fourth-order valence-electron chi connectivity index (χ4n) is 2.68. The molecule has 1 aromatic carbocycles. The molecule has 2 aliphatic heterocycles. The maximum Gasteiger partial charge on any atom is 0.161 e. The number of nitrogens with zero attached hydrogens (tertiary/aromatic N) is 1. The van der Waals surface area contributed by atoms with Crippen LogP contribution in [0.1, 0.15) is 25.8 Å². The van der Waals surface area contributed by atoms with Gasteiger partial charge in [-0.3, -0.25) is 9.69 Å². The third-order valence-electron chi connectivity index (χ3n) is 4.06. The van der Waals surface area contributed by atoms with Crippen molar-refractivity contribution in [3.05, 3.63) is 23.8 Å². The molecule has 2 aliphatic rings. The number of carbonyl (C=O) groups excluding carboxylic acids is 1. The molecule has 0 spiro atoms. The van der Waals surface area contributed by atoms with Crippen LogP contribution in [0, 0.1) is 0 Å². The molecule has 0 aromatic heterocycles. The summed E-state index contributed by atoms with van der Waals surface area (Å²) in [7, 11) is 0. The molecule has 102 valence electrons. The summed E-state index contributed by atoms with van der Waals surface area (Å²) >= 11 is 0. The highest BCUT2D eigenvalue weighted by atomic mass is 16.6. The number of ether oxygens (including phenoxy) is 2. The summed E-state index contributed by atoms with van der Waals surface area (Å²) in [5.41, 5.74) is 0.805. The third-order valence-corrected chi connectivity index (χ3v) is 4.06. The van der Waals surface area contributed by atoms with Crippen LogP contribution in [-0.2, 0) is 11.3 Å². The van der Waals surface area contributed by atoms with E-state index >= 15 is 0 Å². The minimum absolute atomic E-state index is 0.324. The highest BCUT2D eigenvalue weighted by Crippen LogP contribution is 2.33. The van der Waals surface area contributed by atoms with Gasteiger partial charge in [0.05, 0.1) is 5.54 Å². The molecule has 0 unspecified atom stereocenters. The molecular formula is C15H19NO3. The lowest BCUT2D eigenvalue weighted by Gasteiger charge is -2.30. The first-order chi connectivity index (χ1) is 9.07. The molecule has 0 radical (unpaired) electrons. The van der Waals surface area contributed by atoms with Crippen LogP contribution in [0.5, 0.6) is 11.5 Å². The quantitative estimate of drug-likeness (QED) is 0.816. The van der Waals surface area contributed by atoms with Gasteiger partial charge in [0.1, 0.15) is 13.2 Å². The van der Waals surface area contributed by atoms with Crippen LogP contribution in [0.25, 0.3) is 0 Å². The van der Waals surface area contributed by atoms with Crippen LogP contribution in [0.4, 0.5) is 0 Å². The van der Waals surface area contributed by atoms with Gasteiger partial charge in [0.25, 0.3) is 0 Å². The lowest BCUT2D eigenvalue weighted by Crippen LogP contribution is -2.42. The van der Waals surface area contributed by atoms with Crippen molar-refractivity contribution < 1.29 is 14.3 Å². The van der Waals surface area contributed by atoms with E-state index in [1.807, 2.05) is 32.0 Å². The SMILES string of the molecule is CC1(C)C(=O)CCN1Cc1ccc2c(c1)OCCO2. The minimum Gasteiger partial charge on any atom is -0.486 e. The van der Waals surface area contributed by atoms with Crippen molar-refractivity contribution in [2.45, 2.75) is 32.4 Å². The van der Waals surface area contributed by atoms with Gasteiger partial charge in [0.15, 0.2) is 17.3 Å². The van der Waals surface area contributed by atoms with Gasteiger partial charge in [0, 0.05) is 19.5 Å². The first-order valence-corrected chi connectivity index (χ1v) is 6.74. The predicted molar refractivity (Wildman–Crippen MR) is 71.5 cm³/mol. The van der Waals surface area contributed by atoms with Gasteiger partial charge in [0.2, 0.25) is 0 Å². The monoisotopic (exact) mass is 261 g/mol. The number of carbonyl (C=O) groups is 1. The molecule has 0 bridgehead atoms. The number of Topliss-reactive ketones (excluding diaryl/α,β-unsaturated/α-hetero) is 1. The standard InChI is InChI=1S/C15H19NO3/c1-15(2)14(17)5-6-16(15)10-11-3-4-12-13(9-11)19-8-7-18-12/h3-4,9H,5-8,10H2,1-2H3. The van der Waals surface area contributed by atoms with E-state index in [-0.39, 0.29) is 5.54 Å². The highest BCUT2D eigenvalue weighted by Gasteiger charge is 2.39. The topological polar surface area (TPSA) is 38.8 Å². The molecule has 3 rings (SSSR count). The van der Waals surface area contributed by atoms with Crippen LogP contribution in [0.15, 0.2) is 18.2 Å². The fourth-order valence-corrected chi connectivity index (χ4v) is 2.68. The first kappa shape index (κ1) is 12.5. The van der Waals surface area contributed by atoms with E-state index in [1.165, 1.54) is 0 Å². The Morgan fingerprint density at radius 3 is 2.63 bits per heavy atom. The predicted octanol–water partition coefficient (Wildman–Crippen LogP) is 2.01. The van der Waals surface area contributed by atoms with Crippen LogP contribution in [0.3, 0.4) is 0 Å². The Kier molecular flexibility index (Phi) is 2.97. The normalized spacial score (nSPS) is 21.7. The lowest BCUT2D eigenvalue weighted by atomic mass is 10.00. The molecule has 19 heavy (non-hydrogen) atoms. The molecule has 0 amide bonds. The number of hydrogen-bond donors (Lipinski definition) is 0. The summed E-state index contributed by atoms with van der Waals surface area (Å²) in [6.45, 7) is 6.82. The van der Waals surface area contributed by atoms with Crippen molar-refractivity contribution in [1.82, 2.24) is 4.90 Å². The van der Waals surface area contributed by atoms with Crippen molar-refractivity contribution in [2.75, 3.05) is 19.8 Å². The van der Waals surface area contributed by atoms with Gasteiger partial charge in [-0.15, -0.1) is 0 Å². The molecular weight excluding hydrogens is 242 g/mol. The van der Waals surface area contributed by atoms with E-state index < -0.39 is 0 Å². The zero-order valence-electron chi connectivity index (χ0n) is 11.4. The number of fused-ring (bicyclic) bond motifs is 1. The van der Waals surface area contributed by atoms with E-state index in [1.54, 1.807) is 0 Å². The molecule has 1 saturated heterocycles. The van der Waals surface area contributed by atoms with Gasteiger partial charge in [-0.05, 0) is 31.5 Å². The Bertz CT molecular complexity index is 510. The summed E-state index contributed by atoms with van der Waals surface area (Å²) in [4.78, 5) is 14.1. The Morgan fingerprint density at radius 2 is 1.95 bits per heavy atom. The summed E-state index contributed by atoms with van der Waals surface area (Å²) in [6, 6.07) is 6.02. The second-order valence-electron chi connectivity index (χ2n) is 5.63. The zero-order chi connectivity index (χ0) is 13.5. The number of hydrogen-bond acceptors (Lipinski definition) is 4. The van der Waals surface area contributed by atoms with Crippen molar-refractivity contribution in [1.29, 1.82) is 0 Å². The van der Waals surface area contributed by atoms with Gasteiger partial charge >= 0.3 is 0 Å². The summed E-state index contributed by atoms with van der Waals surface area (Å²) < 4.78 is 11.1. The van der Waals surface area contributed by atoms with Gasteiger partial charge in [-0.1, -0.05) is 6.07 Å². The largest absolute Gasteiger partial charge is 0.486 e. The molecule has 0 saturated carbocycles. The fraction of sp³-hybridized carbons (Fsp3) is 0.533. The van der Waals surface area contributed by atoms with Gasteiger partial charge in [-0.2, -0.15) is 0 Å². The van der Waals surface area contributed by atoms with Crippen molar-refractivity contribution in [3.63, 3.8) is 0 Å². The Balaban J connectivity index is 1.79. The molecule has 0 atom stereocenters. The van der Waals surface area contributed by atoms with Gasteiger partial charge < -0.3 is 9.47 Å². The van der Waals surface area contributed by atoms with Crippen molar-refractivity contribution in [3.8, 4) is 11.5 Å². The number of ketones is 1. The summed E-state index contributed by atoms with van der Waals surface area (Å²) in [5.74, 6) is 1.95. The average molecular weight is 261 g/mol. The Labute approximate surface area is 113 Å².